The summed E-state index contributed by atoms with van der Waals surface area (Å²) in [5.74, 6) is 0.841. The molecule has 0 radical (unpaired) electrons. The van der Waals surface area contributed by atoms with Crippen LogP contribution in [0.5, 0.6) is 0 Å². The predicted molar refractivity (Wildman–Crippen MR) is 128 cm³/mol. The Morgan fingerprint density at radius 1 is 1.03 bits per heavy atom. The predicted octanol–water partition coefficient (Wildman–Crippen LogP) is 5.53. The average molecular weight is 486 g/mol. The van der Waals surface area contributed by atoms with Crippen LogP contribution in [0, 0.1) is 17.2 Å². The number of piperazine rings is 1. The molecular formula is C23H31Cl3N4O. The molecule has 1 aromatic carbocycles. The normalized spacial score (nSPS) is 22.2. The molecule has 170 valence electrons. The summed E-state index contributed by atoms with van der Waals surface area (Å²) in [5.41, 5.74) is 0.962. The van der Waals surface area contributed by atoms with E-state index in [2.05, 4.69) is 21.2 Å². The van der Waals surface area contributed by atoms with Crippen molar-refractivity contribution >= 4 is 46.4 Å². The monoisotopic (exact) mass is 484 g/mol. The molecule has 8 heteroatoms. The van der Waals surface area contributed by atoms with Gasteiger partial charge in [0.05, 0.1) is 26.8 Å². The Balaban J connectivity index is 1.33. The lowest BCUT2D eigenvalue weighted by atomic mass is 9.84. The zero-order chi connectivity index (χ0) is 22.2. The fourth-order valence-corrected chi connectivity index (χ4v) is 5.22. The molecule has 5 nitrogen and oxygen atoms in total. The Kier molecular flexibility index (Phi) is 9.59. The second-order valence-corrected chi connectivity index (χ2v) is 9.85. The Bertz CT molecular complexity index is 782. The summed E-state index contributed by atoms with van der Waals surface area (Å²) in [6, 6.07) is 5.98. The van der Waals surface area contributed by atoms with Gasteiger partial charge in [-0.15, -0.1) is 0 Å². The standard InChI is InChI=1S/C23H31Cl3N4O/c24-19-15-21(26)22(16-20(19)25)30-13-11-29(12-14-30)10-8-17-4-6-18(7-5-17)28-23(31)3-1-2-9-27/h15-18H,1-8,10-14H2,(H,28,31)/t17-,18-. The van der Waals surface area contributed by atoms with Gasteiger partial charge in [0, 0.05) is 45.1 Å². The van der Waals surface area contributed by atoms with E-state index in [0.29, 0.717) is 40.4 Å². The largest absolute Gasteiger partial charge is 0.368 e. The summed E-state index contributed by atoms with van der Waals surface area (Å²) in [7, 11) is 0. The fraction of sp³-hybridized carbons (Fsp3) is 0.652. The van der Waals surface area contributed by atoms with Crippen molar-refractivity contribution in [3.63, 3.8) is 0 Å². The molecule has 3 rings (SSSR count). The van der Waals surface area contributed by atoms with Crippen LogP contribution >= 0.6 is 34.8 Å². The van der Waals surface area contributed by atoms with Crippen LogP contribution in [0.3, 0.4) is 0 Å². The van der Waals surface area contributed by atoms with E-state index in [4.69, 9.17) is 40.1 Å². The number of halogens is 3. The van der Waals surface area contributed by atoms with Gasteiger partial charge in [-0.1, -0.05) is 34.8 Å². The molecule has 0 unspecified atom stereocenters. The first-order chi connectivity index (χ1) is 15.0. The van der Waals surface area contributed by atoms with Gasteiger partial charge in [0.25, 0.3) is 0 Å². The van der Waals surface area contributed by atoms with Gasteiger partial charge in [0.2, 0.25) is 5.91 Å². The third-order valence-electron chi connectivity index (χ3n) is 6.46. The Morgan fingerprint density at radius 3 is 2.39 bits per heavy atom. The summed E-state index contributed by atoms with van der Waals surface area (Å²) in [4.78, 5) is 16.7. The van der Waals surface area contributed by atoms with Crippen LogP contribution in [-0.4, -0.2) is 49.6 Å². The van der Waals surface area contributed by atoms with E-state index in [1.807, 2.05) is 6.07 Å². The summed E-state index contributed by atoms with van der Waals surface area (Å²) in [6.45, 7) is 5.03. The number of nitriles is 1. The van der Waals surface area contributed by atoms with Crippen molar-refractivity contribution in [1.82, 2.24) is 10.2 Å². The van der Waals surface area contributed by atoms with E-state index in [1.54, 1.807) is 6.07 Å². The molecule has 2 fully saturated rings. The lowest BCUT2D eigenvalue weighted by molar-refractivity contribution is -0.122. The van der Waals surface area contributed by atoms with Crippen molar-refractivity contribution in [3.8, 4) is 6.07 Å². The van der Waals surface area contributed by atoms with Crippen LogP contribution in [0.1, 0.15) is 51.4 Å². The van der Waals surface area contributed by atoms with Crippen molar-refractivity contribution in [3.05, 3.63) is 27.2 Å². The number of amides is 1. The topological polar surface area (TPSA) is 59.4 Å². The highest BCUT2D eigenvalue weighted by Gasteiger charge is 2.24. The molecule has 31 heavy (non-hydrogen) atoms. The minimum absolute atomic E-state index is 0.0960. The maximum absolute atomic E-state index is 11.9. The van der Waals surface area contributed by atoms with Gasteiger partial charge in [0.1, 0.15) is 0 Å². The van der Waals surface area contributed by atoms with Crippen molar-refractivity contribution in [2.45, 2.75) is 57.4 Å². The Morgan fingerprint density at radius 2 is 1.71 bits per heavy atom. The minimum atomic E-state index is 0.0960. The van der Waals surface area contributed by atoms with E-state index in [1.165, 1.54) is 19.3 Å². The summed E-state index contributed by atoms with van der Waals surface area (Å²) < 4.78 is 0. The van der Waals surface area contributed by atoms with Gasteiger partial charge < -0.3 is 10.2 Å². The van der Waals surface area contributed by atoms with Crippen LogP contribution in [0.15, 0.2) is 12.1 Å². The van der Waals surface area contributed by atoms with E-state index in [-0.39, 0.29) is 5.91 Å². The molecule has 0 aromatic heterocycles. The number of benzene rings is 1. The lowest BCUT2D eigenvalue weighted by Gasteiger charge is -2.37. The van der Waals surface area contributed by atoms with Crippen molar-refractivity contribution in [2.75, 3.05) is 37.6 Å². The van der Waals surface area contributed by atoms with Crippen LogP contribution in [-0.2, 0) is 4.79 Å². The maximum Gasteiger partial charge on any atom is 0.220 e. The van der Waals surface area contributed by atoms with E-state index in [9.17, 15) is 4.79 Å². The number of rotatable bonds is 8. The van der Waals surface area contributed by atoms with Gasteiger partial charge in [-0.25, -0.2) is 0 Å². The number of unbranched alkanes of at least 4 members (excludes halogenated alkanes) is 1. The zero-order valence-electron chi connectivity index (χ0n) is 17.9. The first-order valence-electron chi connectivity index (χ1n) is 11.2. The fourth-order valence-electron chi connectivity index (χ4n) is 4.56. The summed E-state index contributed by atoms with van der Waals surface area (Å²) in [6.07, 6.45) is 7.29. The van der Waals surface area contributed by atoms with Crippen LogP contribution in [0.4, 0.5) is 5.69 Å². The highest BCUT2D eigenvalue weighted by Crippen LogP contribution is 2.35. The molecule has 0 bridgehead atoms. The number of anilines is 1. The lowest BCUT2D eigenvalue weighted by Crippen LogP contribution is -2.47. The number of nitrogens with one attached hydrogen (secondary N) is 1. The third-order valence-corrected chi connectivity index (χ3v) is 7.49. The molecule has 1 N–H and O–H groups in total. The van der Waals surface area contributed by atoms with Gasteiger partial charge >= 0.3 is 0 Å². The van der Waals surface area contributed by atoms with Crippen LogP contribution in [0.2, 0.25) is 15.1 Å². The molecular weight excluding hydrogens is 455 g/mol. The van der Waals surface area contributed by atoms with E-state index >= 15 is 0 Å². The number of nitrogens with zero attached hydrogens (tertiary/aromatic N) is 3. The van der Waals surface area contributed by atoms with Gasteiger partial charge in [-0.2, -0.15) is 5.26 Å². The maximum atomic E-state index is 11.9. The molecule has 1 aliphatic heterocycles. The molecule has 0 spiro atoms. The van der Waals surface area contributed by atoms with Crippen molar-refractivity contribution < 1.29 is 4.79 Å². The van der Waals surface area contributed by atoms with Crippen LogP contribution in [0.25, 0.3) is 0 Å². The SMILES string of the molecule is N#CCCCC(=O)N[C@H]1CC[C@H](CCN2CCN(c3cc(Cl)c(Cl)cc3Cl)CC2)CC1. The first kappa shape index (κ1) is 24.5. The van der Waals surface area contributed by atoms with Crippen molar-refractivity contribution in [1.29, 1.82) is 5.26 Å². The number of carbonyl (C=O) groups excluding carboxylic acids is 1. The molecule has 1 amide bonds. The summed E-state index contributed by atoms with van der Waals surface area (Å²) in [5, 5.41) is 13.4. The molecule has 1 heterocycles. The average Bonchev–Trinajstić information content (AvgIpc) is 2.76. The highest BCUT2D eigenvalue weighted by atomic mass is 35.5. The molecule has 1 saturated heterocycles. The van der Waals surface area contributed by atoms with E-state index < -0.39 is 0 Å². The zero-order valence-corrected chi connectivity index (χ0v) is 20.2. The molecule has 0 atom stereocenters. The first-order valence-corrected chi connectivity index (χ1v) is 12.4. The second-order valence-electron chi connectivity index (χ2n) is 8.63. The minimum Gasteiger partial charge on any atom is -0.368 e. The van der Waals surface area contributed by atoms with Gasteiger partial charge in [-0.3, -0.25) is 9.69 Å². The second kappa shape index (κ2) is 12.2. The quantitative estimate of drug-likeness (QED) is 0.388. The van der Waals surface area contributed by atoms with Crippen molar-refractivity contribution in [2.24, 2.45) is 5.92 Å². The van der Waals surface area contributed by atoms with E-state index in [0.717, 1.165) is 57.2 Å². The molecule has 1 aliphatic carbocycles. The Hall–Kier alpha value is -1.19. The van der Waals surface area contributed by atoms with Gasteiger partial charge in [0.15, 0.2) is 0 Å². The number of carbonyl (C=O) groups is 1. The molecule has 1 saturated carbocycles. The van der Waals surface area contributed by atoms with Gasteiger partial charge in [-0.05, 0) is 63.1 Å². The number of hydrogen-bond acceptors (Lipinski definition) is 4. The Labute approximate surface area is 200 Å². The highest BCUT2D eigenvalue weighted by molar-refractivity contribution is 6.44. The smallest absolute Gasteiger partial charge is 0.220 e. The third kappa shape index (κ3) is 7.43. The molecule has 2 aliphatic rings. The van der Waals surface area contributed by atoms with Crippen LogP contribution < -0.4 is 10.2 Å². The summed E-state index contributed by atoms with van der Waals surface area (Å²) >= 11 is 18.6. The molecule has 1 aromatic rings. The number of hydrogen-bond donors (Lipinski definition) is 1.